The lowest BCUT2D eigenvalue weighted by molar-refractivity contribution is 0.0705. The summed E-state index contributed by atoms with van der Waals surface area (Å²) in [5.41, 5.74) is 1.54. The zero-order valence-corrected chi connectivity index (χ0v) is 12.8. The van der Waals surface area contributed by atoms with Gasteiger partial charge in [0.05, 0.1) is 6.10 Å². The number of aryl methyl sites for hydroxylation is 2. The minimum Gasteiger partial charge on any atom is -0.387 e. The van der Waals surface area contributed by atoms with Crippen LogP contribution in [0.5, 0.6) is 0 Å². The average molecular weight is 278 g/mol. The number of fused-ring (bicyclic) bond motifs is 1. The first kappa shape index (κ1) is 13.6. The summed E-state index contributed by atoms with van der Waals surface area (Å²) in [6, 6.07) is 2.32. The first-order valence-corrected chi connectivity index (χ1v) is 8.89. The highest BCUT2D eigenvalue weighted by Gasteiger charge is 2.29. The quantitative estimate of drug-likeness (QED) is 0.835. The molecule has 1 aromatic rings. The van der Waals surface area contributed by atoms with E-state index in [1.54, 1.807) is 4.88 Å². The molecule has 2 aliphatic rings. The largest absolute Gasteiger partial charge is 0.387 e. The fraction of sp³-hybridized carbons (Fsp3) is 0.765. The summed E-state index contributed by atoms with van der Waals surface area (Å²) in [5, 5.41) is 10.7. The molecule has 0 radical (unpaired) electrons. The Balaban J connectivity index is 1.72. The number of thiophene rings is 1. The van der Waals surface area contributed by atoms with Crippen LogP contribution in [0.1, 0.15) is 73.3 Å². The summed E-state index contributed by atoms with van der Waals surface area (Å²) in [6.07, 6.45) is 11.4. The Hall–Kier alpha value is -0.340. The summed E-state index contributed by atoms with van der Waals surface area (Å²) in [7, 11) is 0. The van der Waals surface area contributed by atoms with Gasteiger partial charge in [-0.2, -0.15) is 0 Å². The van der Waals surface area contributed by atoms with Crippen LogP contribution in [0.3, 0.4) is 0 Å². The van der Waals surface area contributed by atoms with E-state index in [2.05, 4.69) is 13.0 Å². The second-order valence-electron chi connectivity index (χ2n) is 6.45. The van der Waals surface area contributed by atoms with Crippen LogP contribution < -0.4 is 0 Å². The lowest BCUT2D eigenvalue weighted by Crippen LogP contribution is -2.20. The van der Waals surface area contributed by atoms with Gasteiger partial charge in [-0.05, 0) is 62.0 Å². The van der Waals surface area contributed by atoms with Crippen molar-refractivity contribution in [2.24, 2.45) is 11.8 Å². The topological polar surface area (TPSA) is 20.2 Å². The van der Waals surface area contributed by atoms with E-state index in [4.69, 9.17) is 0 Å². The number of aliphatic hydroxyl groups excluding tert-OH is 1. The minimum absolute atomic E-state index is 0.190. The van der Waals surface area contributed by atoms with Gasteiger partial charge in [0.15, 0.2) is 0 Å². The molecule has 0 saturated heterocycles. The third kappa shape index (κ3) is 2.90. The van der Waals surface area contributed by atoms with Crippen LogP contribution >= 0.6 is 11.3 Å². The zero-order valence-electron chi connectivity index (χ0n) is 12.0. The predicted molar refractivity (Wildman–Crippen MR) is 81.7 cm³/mol. The van der Waals surface area contributed by atoms with Gasteiger partial charge in [-0.25, -0.2) is 0 Å². The average Bonchev–Trinajstić information content (AvgIpc) is 2.90. The Morgan fingerprint density at radius 3 is 2.89 bits per heavy atom. The van der Waals surface area contributed by atoms with Crippen LogP contribution in [0.2, 0.25) is 0 Å². The fourth-order valence-corrected chi connectivity index (χ4v) is 5.22. The van der Waals surface area contributed by atoms with Crippen LogP contribution in [0.15, 0.2) is 6.07 Å². The van der Waals surface area contributed by atoms with Crippen LogP contribution in [0.25, 0.3) is 0 Å². The molecule has 0 bridgehead atoms. The highest BCUT2D eigenvalue weighted by molar-refractivity contribution is 7.12. The van der Waals surface area contributed by atoms with E-state index in [9.17, 15) is 5.11 Å². The lowest BCUT2D eigenvalue weighted by atomic mass is 9.77. The van der Waals surface area contributed by atoms with Gasteiger partial charge in [-0.15, -0.1) is 11.3 Å². The molecule has 2 aliphatic carbocycles. The first-order chi connectivity index (χ1) is 9.28. The van der Waals surface area contributed by atoms with Gasteiger partial charge >= 0.3 is 0 Å². The van der Waals surface area contributed by atoms with Gasteiger partial charge in [-0.3, -0.25) is 0 Å². The van der Waals surface area contributed by atoms with Crippen molar-refractivity contribution in [3.63, 3.8) is 0 Å². The van der Waals surface area contributed by atoms with E-state index < -0.39 is 0 Å². The molecule has 1 aromatic heterocycles. The highest BCUT2D eigenvalue weighted by Crippen LogP contribution is 2.42. The van der Waals surface area contributed by atoms with Gasteiger partial charge in [0.1, 0.15) is 0 Å². The fourth-order valence-electron chi connectivity index (χ4n) is 3.88. The van der Waals surface area contributed by atoms with E-state index in [1.165, 1.54) is 68.2 Å². The van der Waals surface area contributed by atoms with Gasteiger partial charge in [0, 0.05) is 9.75 Å². The van der Waals surface area contributed by atoms with E-state index in [-0.39, 0.29) is 6.10 Å². The molecule has 1 saturated carbocycles. The molecule has 19 heavy (non-hydrogen) atoms. The van der Waals surface area contributed by atoms with Crippen LogP contribution in [-0.2, 0) is 12.8 Å². The number of hydrogen-bond acceptors (Lipinski definition) is 2. The first-order valence-electron chi connectivity index (χ1n) is 8.07. The Morgan fingerprint density at radius 1 is 1.26 bits per heavy atom. The molecule has 3 rings (SSSR count). The monoisotopic (exact) mass is 278 g/mol. The van der Waals surface area contributed by atoms with Crippen LogP contribution in [0, 0.1) is 11.8 Å². The number of rotatable bonds is 3. The molecule has 1 fully saturated rings. The molecule has 1 nitrogen and oxygen atoms in total. The minimum atomic E-state index is -0.190. The van der Waals surface area contributed by atoms with Crippen LogP contribution in [-0.4, -0.2) is 5.11 Å². The Labute approximate surface area is 121 Å². The van der Waals surface area contributed by atoms with Crippen molar-refractivity contribution < 1.29 is 5.11 Å². The van der Waals surface area contributed by atoms with Crippen molar-refractivity contribution in [3.8, 4) is 0 Å². The second kappa shape index (κ2) is 5.97. The molecule has 3 unspecified atom stereocenters. The SMILES string of the molecule is CCC1CCCC(C(O)c2cc3c(s2)CCCC3)C1. The number of aliphatic hydroxyl groups is 1. The lowest BCUT2D eigenvalue weighted by Gasteiger charge is -2.31. The predicted octanol–water partition coefficient (Wildman–Crippen LogP) is 4.88. The van der Waals surface area contributed by atoms with Crippen molar-refractivity contribution in [2.45, 2.75) is 70.8 Å². The summed E-state index contributed by atoms with van der Waals surface area (Å²) in [5.74, 6) is 1.36. The van der Waals surface area contributed by atoms with Gasteiger partial charge in [0.2, 0.25) is 0 Å². The zero-order chi connectivity index (χ0) is 13.2. The summed E-state index contributed by atoms with van der Waals surface area (Å²) < 4.78 is 0. The van der Waals surface area contributed by atoms with E-state index in [1.807, 2.05) is 11.3 Å². The molecule has 0 spiro atoms. The molecule has 0 aliphatic heterocycles. The highest BCUT2D eigenvalue weighted by atomic mass is 32.1. The normalized spacial score (nSPS) is 28.9. The van der Waals surface area contributed by atoms with Crippen LogP contribution in [0.4, 0.5) is 0 Å². The van der Waals surface area contributed by atoms with Gasteiger partial charge in [0.25, 0.3) is 0 Å². The molecule has 0 amide bonds. The molecule has 1 heterocycles. The Morgan fingerprint density at radius 2 is 2.11 bits per heavy atom. The standard InChI is InChI=1S/C17H26OS/c1-2-12-6-5-8-14(10-12)17(18)16-11-13-7-3-4-9-15(13)19-16/h11-12,14,17-18H,2-10H2,1H3. The van der Waals surface area contributed by atoms with Crippen molar-refractivity contribution in [1.29, 1.82) is 0 Å². The van der Waals surface area contributed by atoms with Crippen molar-refractivity contribution >= 4 is 11.3 Å². The molecular formula is C17H26OS. The third-order valence-electron chi connectivity index (χ3n) is 5.15. The maximum Gasteiger partial charge on any atom is 0.0910 e. The molecule has 1 N–H and O–H groups in total. The maximum absolute atomic E-state index is 10.7. The summed E-state index contributed by atoms with van der Waals surface area (Å²) >= 11 is 1.90. The number of hydrogen-bond donors (Lipinski definition) is 1. The van der Waals surface area contributed by atoms with Crippen molar-refractivity contribution in [2.75, 3.05) is 0 Å². The third-order valence-corrected chi connectivity index (χ3v) is 6.46. The van der Waals surface area contributed by atoms with E-state index in [0.717, 1.165) is 5.92 Å². The smallest absolute Gasteiger partial charge is 0.0910 e. The van der Waals surface area contributed by atoms with Crippen molar-refractivity contribution in [3.05, 3.63) is 21.4 Å². The summed E-state index contributed by atoms with van der Waals surface area (Å²) in [4.78, 5) is 2.82. The van der Waals surface area contributed by atoms with Gasteiger partial charge < -0.3 is 5.11 Å². The molecule has 2 heteroatoms. The Bertz CT molecular complexity index is 399. The summed E-state index contributed by atoms with van der Waals surface area (Å²) in [6.45, 7) is 2.29. The molecule has 106 valence electrons. The molecule has 3 atom stereocenters. The second-order valence-corrected chi connectivity index (χ2v) is 7.62. The maximum atomic E-state index is 10.7. The van der Waals surface area contributed by atoms with Gasteiger partial charge in [-0.1, -0.05) is 26.2 Å². The van der Waals surface area contributed by atoms with Crippen molar-refractivity contribution in [1.82, 2.24) is 0 Å². The molecule has 0 aromatic carbocycles. The Kier molecular flexibility index (Phi) is 4.28. The van der Waals surface area contributed by atoms with E-state index in [0.29, 0.717) is 5.92 Å². The van der Waals surface area contributed by atoms with E-state index >= 15 is 0 Å². The molecular weight excluding hydrogens is 252 g/mol.